The van der Waals surface area contributed by atoms with Crippen LogP contribution in [0.2, 0.25) is 0 Å². The van der Waals surface area contributed by atoms with Crippen LogP contribution in [0.15, 0.2) is 0 Å². The predicted octanol–water partition coefficient (Wildman–Crippen LogP) is 1.54. The first-order valence-electron chi connectivity index (χ1n) is 5.73. The standard InChI is InChI=1S/C11H18N2OS/c12-7-10(13-9-1-2-9)8-15-11-3-5-14-6-4-11/h9-11,13H,1-6,8H2. The molecular formula is C11H18N2OS. The largest absolute Gasteiger partial charge is 0.381 e. The molecule has 1 saturated heterocycles. The molecule has 1 aliphatic carbocycles. The third kappa shape index (κ3) is 4.02. The number of ether oxygens (including phenoxy) is 1. The van der Waals surface area contributed by atoms with Gasteiger partial charge >= 0.3 is 0 Å². The lowest BCUT2D eigenvalue weighted by molar-refractivity contribution is 0.1000. The molecule has 15 heavy (non-hydrogen) atoms. The summed E-state index contributed by atoms with van der Waals surface area (Å²) in [6, 6.07) is 3.03. The molecule has 4 heteroatoms. The minimum Gasteiger partial charge on any atom is -0.381 e. The fraction of sp³-hybridized carbons (Fsp3) is 0.909. The van der Waals surface area contributed by atoms with Crippen molar-refractivity contribution in [2.75, 3.05) is 19.0 Å². The summed E-state index contributed by atoms with van der Waals surface area (Å²) >= 11 is 1.93. The van der Waals surface area contributed by atoms with Gasteiger partial charge in [-0.1, -0.05) is 0 Å². The third-order valence-corrected chi connectivity index (χ3v) is 4.31. The first-order valence-corrected chi connectivity index (χ1v) is 6.78. The lowest BCUT2D eigenvalue weighted by Crippen LogP contribution is -2.32. The second kappa shape index (κ2) is 5.74. The minimum atomic E-state index is 0.0466. The van der Waals surface area contributed by atoms with Gasteiger partial charge in [-0.2, -0.15) is 17.0 Å². The highest BCUT2D eigenvalue weighted by molar-refractivity contribution is 7.99. The summed E-state index contributed by atoms with van der Waals surface area (Å²) in [5, 5.41) is 13.1. The lowest BCUT2D eigenvalue weighted by Gasteiger charge is -2.22. The van der Waals surface area contributed by atoms with Gasteiger partial charge in [0.05, 0.1) is 6.07 Å². The van der Waals surface area contributed by atoms with E-state index in [-0.39, 0.29) is 6.04 Å². The number of hydrogen-bond donors (Lipinski definition) is 1. The molecule has 0 radical (unpaired) electrons. The molecule has 0 aromatic heterocycles. The molecule has 2 fully saturated rings. The summed E-state index contributed by atoms with van der Waals surface area (Å²) in [6.45, 7) is 1.79. The van der Waals surface area contributed by atoms with Crippen LogP contribution in [0.5, 0.6) is 0 Å². The van der Waals surface area contributed by atoms with Crippen LogP contribution < -0.4 is 5.32 Å². The van der Waals surface area contributed by atoms with E-state index < -0.39 is 0 Å². The van der Waals surface area contributed by atoms with E-state index in [1.807, 2.05) is 11.8 Å². The highest BCUT2D eigenvalue weighted by atomic mass is 32.2. The van der Waals surface area contributed by atoms with Crippen LogP contribution in [0, 0.1) is 11.3 Å². The molecule has 3 nitrogen and oxygen atoms in total. The van der Waals surface area contributed by atoms with Gasteiger partial charge in [-0.25, -0.2) is 0 Å². The predicted molar refractivity (Wildman–Crippen MR) is 61.9 cm³/mol. The van der Waals surface area contributed by atoms with Crippen LogP contribution >= 0.6 is 11.8 Å². The monoisotopic (exact) mass is 226 g/mol. The maximum absolute atomic E-state index is 8.98. The van der Waals surface area contributed by atoms with E-state index in [2.05, 4.69) is 11.4 Å². The zero-order valence-corrected chi connectivity index (χ0v) is 9.76. The topological polar surface area (TPSA) is 45.0 Å². The number of thioether (sulfide) groups is 1. The normalized spacial score (nSPS) is 24.7. The Labute approximate surface area is 95.6 Å². The van der Waals surface area contributed by atoms with Crippen molar-refractivity contribution in [1.29, 1.82) is 5.26 Å². The van der Waals surface area contributed by atoms with Gasteiger partial charge in [-0.05, 0) is 25.7 Å². The Morgan fingerprint density at radius 3 is 2.67 bits per heavy atom. The van der Waals surface area contributed by atoms with E-state index in [0.717, 1.165) is 31.8 Å². The highest BCUT2D eigenvalue weighted by Crippen LogP contribution is 2.24. The van der Waals surface area contributed by atoms with E-state index in [4.69, 9.17) is 10.00 Å². The average molecular weight is 226 g/mol. The maximum Gasteiger partial charge on any atom is 0.105 e. The Bertz CT molecular complexity index is 231. The summed E-state index contributed by atoms with van der Waals surface area (Å²) in [7, 11) is 0. The van der Waals surface area contributed by atoms with Crippen molar-refractivity contribution >= 4 is 11.8 Å². The van der Waals surface area contributed by atoms with Crippen molar-refractivity contribution in [3.63, 3.8) is 0 Å². The van der Waals surface area contributed by atoms with Crippen molar-refractivity contribution in [2.45, 2.75) is 43.0 Å². The molecule has 0 aromatic carbocycles. The molecule has 0 bridgehead atoms. The van der Waals surface area contributed by atoms with Crippen LogP contribution in [-0.2, 0) is 4.74 Å². The fourth-order valence-electron chi connectivity index (χ4n) is 1.73. The Morgan fingerprint density at radius 1 is 1.33 bits per heavy atom. The summed E-state index contributed by atoms with van der Waals surface area (Å²) in [6.07, 6.45) is 4.79. The van der Waals surface area contributed by atoms with E-state index in [0.29, 0.717) is 11.3 Å². The fourth-order valence-corrected chi connectivity index (χ4v) is 2.89. The molecule has 1 saturated carbocycles. The Balaban J connectivity index is 1.63. The van der Waals surface area contributed by atoms with Gasteiger partial charge in [-0.15, -0.1) is 0 Å². The van der Waals surface area contributed by atoms with Gasteiger partial charge in [0.25, 0.3) is 0 Å². The van der Waals surface area contributed by atoms with Crippen LogP contribution in [0.25, 0.3) is 0 Å². The van der Waals surface area contributed by atoms with E-state index in [9.17, 15) is 0 Å². The van der Waals surface area contributed by atoms with Gasteiger partial charge in [-0.3, -0.25) is 5.32 Å². The molecule has 0 amide bonds. The van der Waals surface area contributed by atoms with Gasteiger partial charge in [0.2, 0.25) is 0 Å². The smallest absolute Gasteiger partial charge is 0.105 e. The van der Waals surface area contributed by atoms with Gasteiger partial charge in [0.1, 0.15) is 6.04 Å². The molecule has 0 spiro atoms. The van der Waals surface area contributed by atoms with Crippen molar-refractivity contribution in [3.8, 4) is 6.07 Å². The number of nitriles is 1. The van der Waals surface area contributed by atoms with Crippen molar-refractivity contribution in [1.82, 2.24) is 5.32 Å². The lowest BCUT2D eigenvalue weighted by atomic mass is 10.2. The van der Waals surface area contributed by atoms with Crippen molar-refractivity contribution in [2.24, 2.45) is 0 Å². The molecule has 1 aliphatic heterocycles. The first-order chi connectivity index (χ1) is 7.38. The quantitative estimate of drug-likeness (QED) is 0.772. The number of rotatable bonds is 5. The van der Waals surface area contributed by atoms with Crippen LogP contribution in [0.4, 0.5) is 0 Å². The summed E-state index contributed by atoms with van der Waals surface area (Å²) < 4.78 is 5.31. The van der Waals surface area contributed by atoms with Crippen molar-refractivity contribution < 1.29 is 4.74 Å². The second-order valence-corrected chi connectivity index (χ2v) is 5.60. The molecule has 1 heterocycles. The molecule has 2 rings (SSSR count). The Kier molecular flexibility index (Phi) is 4.30. The number of nitrogens with zero attached hydrogens (tertiary/aromatic N) is 1. The van der Waals surface area contributed by atoms with Crippen LogP contribution in [0.1, 0.15) is 25.7 Å². The number of hydrogen-bond acceptors (Lipinski definition) is 4. The highest BCUT2D eigenvalue weighted by Gasteiger charge is 2.25. The third-order valence-electron chi connectivity index (χ3n) is 2.84. The zero-order valence-electron chi connectivity index (χ0n) is 8.95. The maximum atomic E-state index is 8.98. The van der Waals surface area contributed by atoms with E-state index >= 15 is 0 Å². The SMILES string of the molecule is N#CC(CSC1CCOCC1)NC1CC1. The summed E-state index contributed by atoms with van der Waals surface area (Å²) in [4.78, 5) is 0. The second-order valence-electron chi connectivity index (χ2n) is 4.27. The number of nitrogens with one attached hydrogen (secondary N) is 1. The minimum absolute atomic E-state index is 0.0466. The molecule has 1 N–H and O–H groups in total. The average Bonchev–Trinajstić information content (AvgIpc) is 3.09. The molecule has 1 unspecified atom stereocenters. The Morgan fingerprint density at radius 2 is 2.07 bits per heavy atom. The molecular weight excluding hydrogens is 208 g/mol. The molecule has 84 valence electrons. The Hall–Kier alpha value is -0.240. The van der Waals surface area contributed by atoms with Crippen LogP contribution in [0.3, 0.4) is 0 Å². The summed E-state index contributed by atoms with van der Waals surface area (Å²) in [5.74, 6) is 0.928. The molecule has 2 aliphatic rings. The van der Waals surface area contributed by atoms with E-state index in [1.165, 1.54) is 12.8 Å². The molecule has 0 aromatic rings. The van der Waals surface area contributed by atoms with Crippen molar-refractivity contribution in [3.05, 3.63) is 0 Å². The first kappa shape index (κ1) is 11.3. The van der Waals surface area contributed by atoms with Gasteiger partial charge < -0.3 is 4.74 Å². The molecule has 1 atom stereocenters. The van der Waals surface area contributed by atoms with Gasteiger partial charge in [0, 0.05) is 30.3 Å². The van der Waals surface area contributed by atoms with Crippen LogP contribution in [-0.4, -0.2) is 36.3 Å². The summed E-state index contributed by atoms with van der Waals surface area (Å²) in [5.41, 5.74) is 0. The zero-order chi connectivity index (χ0) is 10.5. The van der Waals surface area contributed by atoms with Gasteiger partial charge in [0.15, 0.2) is 0 Å². The van der Waals surface area contributed by atoms with E-state index in [1.54, 1.807) is 0 Å².